The van der Waals surface area contributed by atoms with E-state index < -0.39 is 0 Å². The van der Waals surface area contributed by atoms with Gasteiger partial charge in [0, 0.05) is 26.1 Å². The number of thioether (sulfide) groups is 1. The Morgan fingerprint density at radius 1 is 1.06 bits per heavy atom. The largest absolute Gasteiger partial charge is 0.490 e. The Hall–Kier alpha value is -1.86. The first kappa shape index (κ1) is 22.3. The lowest BCUT2D eigenvalue weighted by atomic mass is 9.98. The van der Waals surface area contributed by atoms with Gasteiger partial charge in [-0.15, -0.1) is 0 Å². The second kappa shape index (κ2) is 10.6. The Bertz CT molecular complexity index is 841. The number of piperidine rings is 1. The summed E-state index contributed by atoms with van der Waals surface area (Å²) in [5.41, 5.74) is 0.945. The molecule has 0 spiro atoms. The monoisotopic (exact) mass is 458 g/mol. The number of carbonyl (C=O) groups excluding carboxylic acids is 2. The molecule has 2 saturated heterocycles. The van der Waals surface area contributed by atoms with E-state index in [1.807, 2.05) is 35.2 Å². The first-order valence-electron chi connectivity index (χ1n) is 11.4. The first-order valence-corrected chi connectivity index (χ1v) is 12.6. The molecule has 1 aromatic carbocycles. The van der Waals surface area contributed by atoms with Crippen molar-refractivity contribution in [3.05, 3.63) is 34.7 Å². The summed E-state index contributed by atoms with van der Waals surface area (Å²) in [5.74, 6) is 0.892. The predicted molar refractivity (Wildman–Crippen MR) is 129 cm³/mol. The lowest BCUT2D eigenvalue weighted by Gasteiger charge is -2.27. The molecule has 0 unspecified atom stereocenters. The smallest absolute Gasteiger partial charge is 0.266 e. The quantitative estimate of drug-likeness (QED) is 0.443. The minimum atomic E-state index is -0.107. The van der Waals surface area contributed by atoms with E-state index in [9.17, 15) is 9.59 Å². The second-order valence-electron chi connectivity index (χ2n) is 8.47. The van der Waals surface area contributed by atoms with Crippen molar-refractivity contribution in [2.75, 3.05) is 19.6 Å². The van der Waals surface area contributed by atoms with E-state index in [1.54, 1.807) is 4.90 Å². The van der Waals surface area contributed by atoms with Gasteiger partial charge in [-0.25, -0.2) is 0 Å². The van der Waals surface area contributed by atoms with Crippen LogP contribution in [0, 0.1) is 0 Å². The van der Waals surface area contributed by atoms with Crippen molar-refractivity contribution < 1.29 is 14.3 Å². The Labute approximate surface area is 194 Å². The highest BCUT2D eigenvalue weighted by Gasteiger charge is 2.32. The van der Waals surface area contributed by atoms with Crippen LogP contribution in [0.4, 0.5) is 0 Å². The number of carbonyl (C=O) groups is 2. The molecule has 166 valence electrons. The maximum absolute atomic E-state index is 12.8. The molecule has 1 aromatic rings. The van der Waals surface area contributed by atoms with Crippen LogP contribution in [0.2, 0.25) is 0 Å². The third-order valence-electron chi connectivity index (χ3n) is 6.16. The number of hydrogen-bond acceptors (Lipinski definition) is 5. The zero-order chi connectivity index (χ0) is 21.6. The Balaban J connectivity index is 1.32. The predicted octanol–water partition coefficient (Wildman–Crippen LogP) is 5.00. The van der Waals surface area contributed by atoms with Crippen molar-refractivity contribution >= 4 is 46.2 Å². The molecule has 5 nitrogen and oxygen atoms in total. The fraction of sp³-hybridized carbons (Fsp3) is 0.542. The van der Waals surface area contributed by atoms with Crippen molar-refractivity contribution in [1.29, 1.82) is 0 Å². The third-order valence-corrected chi connectivity index (χ3v) is 7.54. The van der Waals surface area contributed by atoms with Crippen LogP contribution >= 0.6 is 24.0 Å². The molecule has 3 fully saturated rings. The standard InChI is InChI=1S/C24H30N2O3S2/c27-22(25-14-5-2-6-15-25)13-16-26-23(28)21(31-24(26)30)17-18-9-11-20(12-10-18)29-19-7-3-1-4-8-19/h9-12,17,19H,1-8,13-16H2/b21-17-. The molecule has 4 rings (SSSR count). The molecule has 3 aliphatic rings. The summed E-state index contributed by atoms with van der Waals surface area (Å²) >= 11 is 6.72. The molecular weight excluding hydrogens is 428 g/mol. The van der Waals surface area contributed by atoms with E-state index in [0.717, 1.165) is 50.1 Å². The number of rotatable bonds is 6. The lowest BCUT2D eigenvalue weighted by molar-refractivity contribution is -0.132. The number of nitrogens with zero attached hydrogens (tertiary/aromatic N) is 2. The zero-order valence-electron chi connectivity index (χ0n) is 17.9. The molecule has 0 bridgehead atoms. The molecule has 2 heterocycles. The van der Waals surface area contributed by atoms with E-state index >= 15 is 0 Å². The van der Waals surface area contributed by atoms with Gasteiger partial charge in [0.1, 0.15) is 10.1 Å². The highest BCUT2D eigenvalue weighted by molar-refractivity contribution is 8.26. The fourth-order valence-electron chi connectivity index (χ4n) is 4.37. The van der Waals surface area contributed by atoms with Gasteiger partial charge < -0.3 is 9.64 Å². The van der Waals surface area contributed by atoms with Crippen LogP contribution in [0.5, 0.6) is 5.75 Å². The average Bonchev–Trinajstić information content (AvgIpc) is 3.07. The van der Waals surface area contributed by atoms with E-state index in [4.69, 9.17) is 17.0 Å². The highest BCUT2D eigenvalue weighted by Crippen LogP contribution is 2.33. The van der Waals surface area contributed by atoms with Gasteiger partial charge in [-0.2, -0.15) is 0 Å². The molecule has 31 heavy (non-hydrogen) atoms. The molecule has 2 amide bonds. The molecule has 2 aliphatic heterocycles. The Kier molecular flexibility index (Phi) is 7.67. The number of hydrogen-bond donors (Lipinski definition) is 0. The SMILES string of the molecule is O=C(CCN1C(=O)/C(=C/c2ccc(OC3CCCCC3)cc2)SC1=S)N1CCCCC1. The molecule has 7 heteroatoms. The molecule has 1 saturated carbocycles. The maximum Gasteiger partial charge on any atom is 0.266 e. The molecule has 0 radical (unpaired) electrons. The zero-order valence-corrected chi connectivity index (χ0v) is 19.5. The summed E-state index contributed by atoms with van der Waals surface area (Å²) in [6.45, 7) is 2.01. The molecule has 0 aromatic heterocycles. The van der Waals surface area contributed by atoms with Crippen LogP contribution in [0.15, 0.2) is 29.2 Å². The van der Waals surface area contributed by atoms with E-state index in [-0.39, 0.29) is 11.8 Å². The van der Waals surface area contributed by atoms with Crippen LogP contribution in [0.25, 0.3) is 6.08 Å². The number of ether oxygens (including phenoxy) is 1. The summed E-state index contributed by atoms with van der Waals surface area (Å²) in [6.07, 6.45) is 11.9. The summed E-state index contributed by atoms with van der Waals surface area (Å²) in [7, 11) is 0. The minimum absolute atomic E-state index is 0.107. The third kappa shape index (κ3) is 5.89. The van der Waals surface area contributed by atoms with Gasteiger partial charge in [-0.05, 0) is 68.7 Å². The summed E-state index contributed by atoms with van der Waals surface area (Å²) in [4.78, 5) is 29.3. The van der Waals surface area contributed by atoms with Crippen molar-refractivity contribution in [3.8, 4) is 5.75 Å². The van der Waals surface area contributed by atoms with Crippen LogP contribution < -0.4 is 4.74 Å². The fourth-order valence-corrected chi connectivity index (χ4v) is 5.68. The van der Waals surface area contributed by atoms with Crippen molar-refractivity contribution in [2.45, 2.75) is 63.9 Å². The summed E-state index contributed by atoms with van der Waals surface area (Å²) in [6, 6.07) is 7.89. The van der Waals surface area contributed by atoms with Crippen LogP contribution in [0.3, 0.4) is 0 Å². The van der Waals surface area contributed by atoms with Crippen molar-refractivity contribution in [2.24, 2.45) is 0 Å². The van der Waals surface area contributed by atoms with Gasteiger partial charge >= 0.3 is 0 Å². The van der Waals surface area contributed by atoms with Crippen LogP contribution in [0.1, 0.15) is 63.4 Å². The minimum Gasteiger partial charge on any atom is -0.490 e. The molecular formula is C24H30N2O3S2. The van der Waals surface area contributed by atoms with E-state index in [2.05, 4.69) is 0 Å². The first-order chi connectivity index (χ1) is 15.1. The lowest BCUT2D eigenvalue weighted by Crippen LogP contribution is -2.38. The van der Waals surface area contributed by atoms with Gasteiger partial charge in [-0.1, -0.05) is 42.5 Å². The molecule has 1 aliphatic carbocycles. The van der Waals surface area contributed by atoms with Gasteiger partial charge in [0.15, 0.2) is 0 Å². The van der Waals surface area contributed by atoms with E-state index in [0.29, 0.717) is 28.3 Å². The average molecular weight is 459 g/mol. The Morgan fingerprint density at radius 2 is 1.74 bits per heavy atom. The maximum atomic E-state index is 12.8. The number of thiocarbonyl (C=S) groups is 1. The van der Waals surface area contributed by atoms with Crippen LogP contribution in [-0.4, -0.2) is 51.7 Å². The summed E-state index contributed by atoms with van der Waals surface area (Å²) < 4.78 is 6.61. The normalized spacial score (nSPS) is 21.7. The number of likely N-dealkylation sites (tertiary alicyclic amines) is 1. The topological polar surface area (TPSA) is 49.9 Å². The number of benzene rings is 1. The van der Waals surface area contributed by atoms with Crippen molar-refractivity contribution in [1.82, 2.24) is 9.80 Å². The summed E-state index contributed by atoms with van der Waals surface area (Å²) in [5, 5.41) is 0. The Morgan fingerprint density at radius 3 is 2.45 bits per heavy atom. The van der Waals surface area contributed by atoms with Gasteiger partial charge in [0.05, 0.1) is 11.0 Å². The van der Waals surface area contributed by atoms with E-state index in [1.165, 1.54) is 37.4 Å². The van der Waals surface area contributed by atoms with Crippen molar-refractivity contribution in [3.63, 3.8) is 0 Å². The highest BCUT2D eigenvalue weighted by atomic mass is 32.2. The second-order valence-corrected chi connectivity index (χ2v) is 10.1. The number of amides is 2. The van der Waals surface area contributed by atoms with Gasteiger partial charge in [0.25, 0.3) is 5.91 Å². The molecule has 0 atom stereocenters. The van der Waals surface area contributed by atoms with Crippen LogP contribution in [-0.2, 0) is 9.59 Å². The molecule has 0 N–H and O–H groups in total. The van der Waals surface area contributed by atoms with Gasteiger partial charge in [0.2, 0.25) is 5.91 Å². The van der Waals surface area contributed by atoms with Gasteiger partial charge in [-0.3, -0.25) is 14.5 Å².